The smallest absolute Gasteiger partial charge is 0.308 e. The Morgan fingerprint density at radius 2 is 1.92 bits per heavy atom. The van der Waals surface area contributed by atoms with E-state index in [9.17, 15) is 14.3 Å². The van der Waals surface area contributed by atoms with Crippen LogP contribution in [0.5, 0.6) is 0 Å². The molecule has 0 amide bonds. The molecule has 0 aliphatic rings. The number of methoxy groups -OCH3 is 1. The summed E-state index contributed by atoms with van der Waals surface area (Å²) in [5.41, 5.74) is 6.17. The van der Waals surface area contributed by atoms with Gasteiger partial charge in [-0.05, 0) is 60.7 Å². The quantitative estimate of drug-likeness (QED) is 0.719. The lowest BCUT2D eigenvalue weighted by Crippen LogP contribution is -2.17. The summed E-state index contributed by atoms with van der Waals surface area (Å²) in [5.74, 6) is 0.535. The Morgan fingerprint density at radius 1 is 1.19 bits per heavy atom. The number of halogens is 1. The monoisotopic (exact) mass is 376 g/mol. The van der Waals surface area contributed by atoms with E-state index in [1.165, 1.54) is 13.2 Å². The fraction of sp³-hybridized carbons (Fsp3) is 0.381. The molecule has 26 heavy (non-hydrogen) atoms. The van der Waals surface area contributed by atoms with Crippen LogP contribution in [0.4, 0.5) is 4.39 Å². The second-order valence-electron chi connectivity index (χ2n) is 6.52. The van der Waals surface area contributed by atoms with Crippen molar-refractivity contribution in [2.24, 2.45) is 0 Å². The summed E-state index contributed by atoms with van der Waals surface area (Å²) in [6, 6.07) is 9.40. The van der Waals surface area contributed by atoms with Crippen molar-refractivity contribution in [1.82, 2.24) is 0 Å². The molecule has 140 valence electrons. The van der Waals surface area contributed by atoms with Crippen molar-refractivity contribution in [2.45, 2.75) is 39.0 Å². The number of aliphatic hydroxyl groups is 1. The molecule has 0 aromatic heterocycles. The van der Waals surface area contributed by atoms with Crippen LogP contribution in [0.3, 0.4) is 0 Å². The maximum atomic E-state index is 13.6. The number of thioether (sulfide) groups is 1. The van der Waals surface area contributed by atoms with Crippen molar-refractivity contribution in [3.63, 3.8) is 0 Å². The van der Waals surface area contributed by atoms with Gasteiger partial charge in [0.1, 0.15) is 5.82 Å². The molecule has 0 heterocycles. The predicted octanol–water partition coefficient (Wildman–Crippen LogP) is 4.58. The third kappa shape index (κ3) is 5.32. The number of benzene rings is 2. The summed E-state index contributed by atoms with van der Waals surface area (Å²) in [5, 5.41) is 9.93. The van der Waals surface area contributed by atoms with E-state index >= 15 is 0 Å². The van der Waals surface area contributed by atoms with Crippen LogP contribution < -0.4 is 0 Å². The van der Waals surface area contributed by atoms with Gasteiger partial charge in [-0.25, -0.2) is 4.39 Å². The standard InChI is InChI=1S/C21H25FO3S/c1-13-7-14(2)19(12-26-11-17(23)10-21(24)25-4)18(8-13)16-5-6-20(22)15(3)9-16/h5-9,17,23H,10-12H2,1-4H3. The molecule has 0 aliphatic heterocycles. The average Bonchev–Trinajstić information content (AvgIpc) is 2.58. The molecule has 5 heteroatoms. The molecule has 1 atom stereocenters. The zero-order valence-electron chi connectivity index (χ0n) is 15.6. The number of carbonyl (C=O) groups excluding carboxylic acids is 1. The Kier molecular flexibility index (Phi) is 7.23. The van der Waals surface area contributed by atoms with Gasteiger partial charge in [0, 0.05) is 11.5 Å². The first-order valence-corrected chi connectivity index (χ1v) is 9.66. The molecular formula is C21H25FO3S. The molecule has 0 spiro atoms. The van der Waals surface area contributed by atoms with Crippen LogP contribution in [0, 0.1) is 26.6 Å². The van der Waals surface area contributed by atoms with Gasteiger partial charge in [-0.1, -0.05) is 23.8 Å². The lowest BCUT2D eigenvalue weighted by molar-refractivity contribution is -0.142. The van der Waals surface area contributed by atoms with E-state index in [0.717, 1.165) is 27.8 Å². The maximum absolute atomic E-state index is 13.6. The van der Waals surface area contributed by atoms with E-state index in [1.807, 2.05) is 13.0 Å². The van der Waals surface area contributed by atoms with Gasteiger partial charge < -0.3 is 9.84 Å². The van der Waals surface area contributed by atoms with Crippen LogP contribution >= 0.6 is 11.8 Å². The number of rotatable bonds is 7. The first kappa shape index (κ1) is 20.5. The van der Waals surface area contributed by atoms with E-state index in [-0.39, 0.29) is 12.2 Å². The number of hydrogen-bond donors (Lipinski definition) is 1. The molecule has 0 bridgehead atoms. The predicted molar refractivity (Wildman–Crippen MR) is 105 cm³/mol. The third-order valence-electron chi connectivity index (χ3n) is 4.27. The number of ether oxygens (including phenoxy) is 1. The molecule has 0 aliphatic carbocycles. The minimum atomic E-state index is -0.727. The Hall–Kier alpha value is -1.85. The first-order chi connectivity index (χ1) is 12.3. The van der Waals surface area contributed by atoms with Gasteiger partial charge in [0.15, 0.2) is 0 Å². The van der Waals surface area contributed by atoms with E-state index < -0.39 is 12.1 Å². The summed E-state index contributed by atoms with van der Waals surface area (Å²) in [6.45, 7) is 5.87. The molecule has 0 saturated heterocycles. The van der Waals surface area contributed by atoms with Crippen LogP contribution in [-0.4, -0.2) is 30.0 Å². The highest BCUT2D eigenvalue weighted by molar-refractivity contribution is 7.98. The molecule has 0 radical (unpaired) electrons. The molecule has 0 saturated carbocycles. The number of aryl methyl sites for hydroxylation is 3. The third-order valence-corrected chi connectivity index (χ3v) is 5.39. The van der Waals surface area contributed by atoms with Crippen molar-refractivity contribution < 1.29 is 19.0 Å². The van der Waals surface area contributed by atoms with Crippen LogP contribution in [0.25, 0.3) is 11.1 Å². The zero-order valence-corrected chi connectivity index (χ0v) is 16.5. The number of carbonyl (C=O) groups is 1. The second kappa shape index (κ2) is 9.19. The van der Waals surface area contributed by atoms with Crippen LogP contribution in [0.2, 0.25) is 0 Å². The van der Waals surface area contributed by atoms with Crippen LogP contribution in [-0.2, 0) is 15.3 Å². The lowest BCUT2D eigenvalue weighted by Gasteiger charge is -2.16. The largest absolute Gasteiger partial charge is 0.469 e. The van der Waals surface area contributed by atoms with Crippen molar-refractivity contribution >= 4 is 17.7 Å². The Balaban J connectivity index is 2.20. The van der Waals surface area contributed by atoms with Crippen molar-refractivity contribution in [3.05, 3.63) is 58.4 Å². The fourth-order valence-electron chi connectivity index (χ4n) is 2.89. The van der Waals surface area contributed by atoms with E-state index in [1.54, 1.807) is 24.8 Å². The van der Waals surface area contributed by atoms with Gasteiger partial charge in [-0.2, -0.15) is 11.8 Å². The number of aliphatic hydroxyl groups excluding tert-OH is 1. The second-order valence-corrected chi connectivity index (χ2v) is 7.55. The highest BCUT2D eigenvalue weighted by Crippen LogP contribution is 2.32. The summed E-state index contributed by atoms with van der Waals surface area (Å²) < 4.78 is 18.2. The highest BCUT2D eigenvalue weighted by Gasteiger charge is 2.14. The molecule has 1 unspecified atom stereocenters. The first-order valence-electron chi connectivity index (χ1n) is 8.51. The van der Waals surface area contributed by atoms with E-state index in [2.05, 4.69) is 23.8 Å². The van der Waals surface area contributed by atoms with Crippen LogP contribution in [0.15, 0.2) is 30.3 Å². The molecule has 2 aromatic rings. The molecule has 0 fully saturated rings. The zero-order chi connectivity index (χ0) is 19.3. The van der Waals surface area contributed by atoms with Gasteiger partial charge in [0.2, 0.25) is 0 Å². The van der Waals surface area contributed by atoms with Gasteiger partial charge in [0.05, 0.1) is 19.6 Å². The van der Waals surface area contributed by atoms with Crippen LogP contribution in [0.1, 0.15) is 28.7 Å². The van der Waals surface area contributed by atoms with Crippen molar-refractivity contribution in [1.29, 1.82) is 0 Å². The van der Waals surface area contributed by atoms with Gasteiger partial charge in [0.25, 0.3) is 0 Å². The lowest BCUT2D eigenvalue weighted by atomic mass is 9.94. The number of esters is 1. The Bertz CT molecular complexity index is 789. The normalized spacial score (nSPS) is 12.1. The van der Waals surface area contributed by atoms with Crippen molar-refractivity contribution in [3.8, 4) is 11.1 Å². The van der Waals surface area contributed by atoms with Crippen molar-refractivity contribution in [2.75, 3.05) is 12.9 Å². The topological polar surface area (TPSA) is 46.5 Å². The molecular weight excluding hydrogens is 351 g/mol. The minimum Gasteiger partial charge on any atom is -0.469 e. The van der Waals surface area contributed by atoms with Gasteiger partial charge in [-0.3, -0.25) is 4.79 Å². The summed E-state index contributed by atoms with van der Waals surface area (Å²) in [4.78, 5) is 11.2. The fourth-order valence-corrected chi connectivity index (χ4v) is 3.99. The highest BCUT2D eigenvalue weighted by atomic mass is 32.2. The Labute approximate surface area is 158 Å². The Morgan fingerprint density at radius 3 is 2.58 bits per heavy atom. The van der Waals surface area contributed by atoms with E-state index in [4.69, 9.17) is 0 Å². The molecule has 1 N–H and O–H groups in total. The average molecular weight is 376 g/mol. The maximum Gasteiger partial charge on any atom is 0.308 e. The summed E-state index contributed by atoms with van der Waals surface area (Å²) in [7, 11) is 1.31. The minimum absolute atomic E-state index is 0.000391. The number of hydrogen-bond acceptors (Lipinski definition) is 4. The molecule has 2 aromatic carbocycles. The van der Waals surface area contributed by atoms with Gasteiger partial charge >= 0.3 is 5.97 Å². The van der Waals surface area contributed by atoms with E-state index in [0.29, 0.717) is 17.1 Å². The SMILES string of the molecule is COC(=O)CC(O)CSCc1c(C)cc(C)cc1-c1ccc(F)c(C)c1. The summed E-state index contributed by atoms with van der Waals surface area (Å²) in [6.07, 6.45) is -0.727. The molecule has 2 rings (SSSR count). The molecule has 3 nitrogen and oxygen atoms in total. The van der Waals surface area contributed by atoms with Gasteiger partial charge in [-0.15, -0.1) is 0 Å². The summed E-state index contributed by atoms with van der Waals surface area (Å²) >= 11 is 1.57.